The Balaban J connectivity index is 2.89. The van der Waals surface area contributed by atoms with Crippen molar-refractivity contribution in [1.29, 1.82) is 0 Å². The van der Waals surface area contributed by atoms with Gasteiger partial charge in [-0.3, -0.25) is 4.98 Å². The summed E-state index contributed by atoms with van der Waals surface area (Å²) in [7, 11) is 0. The van der Waals surface area contributed by atoms with Crippen molar-refractivity contribution in [3.63, 3.8) is 0 Å². The molecule has 1 rings (SSSR count). The fourth-order valence-electron chi connectivity index (χ4n) is 1.23. The van der Waals surface area contributed by atoms with Gasteiger partial charge in [-0.15, -0.1) is 0 Å². The largest absolute Gasteiger partial charge is 0.260 e. The maximum atomic E-state index is 4.51. The van der Waals surface area contributed by atoms with Crippen molar-refractivity contribution in [3.05, 3.63) is 29.6 Å². The Labute approximate surface area is 91.3 Å². The minimum Gasteiger partial charge on any atom is -0.260 e. The van der Waals surface area contributed by atoms with Gasteiger partial charge in [-0.05, 0) is 24.8 Å². The predicted octanol–water partition coefficient (Wildman–Crippen LogP) is 3.80. The quantitative estimate of drug-likeness (QED) is 0.734. The molecule has 0 saturated carbocycles. The first-order valence-electron chi connectivity index (χ1n) is 4.94. The zero-order valence-corrected chi connectivity index (χ0v) is 10.5. The maximum Gasteiger partial charge on any atom is 0.0457 e. The number of aromatic nitrogens is 1. The second-order valence-electron chi connectivity index (χ2n) is 4.60. The van der Waals surface area contributed by atoms with Gasteiger partial charge < -0.3 is 0 Å². The number of rotatable bonds is 2. The molecule has 1 heterocycles. The first-order chi connectivity index (χ1) is 6.45. The van der Waals surface area contributed by atoms with E-state index in [-0.39, 0.29) is 5.41 Å². The fraction of sp³-hybridized carbons (Fsp3) is 0.583. The number of pyridine rings is 1. The molecular weight excluding hydrogens is 190 g/mol. The highest BCUT2D eigenvalue weighted by Gasteiger charge is 2.15. The van der Waals surface area contributed by atoms with Crippen molar-refractivity contribution in [2.24, 2.45) is 0 Å². The van der Waals surface area contributed by atoms with Crippen LogP contribution in [0.4, 0.5) is 0 Å². The third kappa shape index (κ3) is 2.74. The van der Waals surface area contributed by atoms with E-state index in [9.17, 15) is 0 Å². The van der Waals surface area contributed by atoms with Crippen molar-refractivity contribution >= 4 is 11.8 Å². The van der Waals surface area contributed by atoms with E-state index >= 15 is 0 Å². The third-order valence-electron chi connectivity index (χ3n) is 2.38. The zero-order valence-electron chi connectivity index (χ0n) is 9.66. The van der Waals surface area contributed by atoms with E-state index in [1.165, 1.54) is 5.56 Å². The fourth-order valence-corrected chi connectivity index (χ4v) is 1.64. The topological polar surface area (TPSA) is 12.9 Å². The van der Waals surface area contributed by atoms with E-state index in [0.29, 0.717) is 5.25 Å². The Morgan fingerprint density at radius 3 is 2.29 bits per heavy atom. The predicted molar refractivity (Wildman–Crippen MR) is 64.9 cm³/mol. The second kappa shape index (κ2) is 4.35. The van der Waals surface area contributed by atoms with E-state index in [0.717, 1.165) is 5.69 Å². The number of nitrogens with zero attached hydrogens (tertiary/aromatic N) is 1. The monoisotopic (exact) mass is 209 g/mol. The van der Waals surface area contributed by atoms with Gasteiger partial charge in [0.2, 0.25) is 0 Å². The van der Waals surface area contributed by atoms with Crippen LogP contribution in [-0.2, 0) is 5.41 Å². The molecule has 1 atom stereocenters. The van der Waals surface area contributed by atoms with Crippen LogP contribution in [0.3, 0.4) is 0 Å². The smallest absolute Gasteiger partial charge is 0.0457 e. The van der Waals surface area contributed by atoms with Crippen molar-refractivity contribution in [3.8, 4) is 0 Å². The number of thioether (sulfide) groups is 1. The Kier molecular flexibility index (Phi) is 3.59. The van der Waals surface area contributed by atoms with Gasteiger partial charge in [0.05, 0.1) is 0 Å². The normalized spacial score (nSPS) is 14.1. The molecule has 0 saturated heterocycles. The summed E-state index contributed by atoms with van der Waals surface area (Å²) in [5.41, 5.74) is 2.63. The molecule has 1 aromatic heterocycles. The summed E-state index contributed by atoms with van der Waals surface area (Å²) in [6.45, 7) is 8.77. The molecule has 0 aliphatic heterocycles. The van der Waals surface area contributed by atoms with Crippen LogP contribution in [0.15, 0.2) is 18.3 Å². The lowest BCUT2D eigenvalue weighted by Crippen LogP contribution is -2.13. The van der Waals surface area contributed by atoms with Crippen LogP contribution in [0.5, 0.6) is 0 Å². The van der Waals surface area contributed by atoms with E-state index < -0.39 is 0 Å². The Hall–Kier alpha value is -0.500. The average molecular weight is 209 g/mol. The van der Waals surface area contributed by atoms with E-state index in [1.807, 2.05) is 18.0 Å². The molecule has 0 aliphatic carbocycles. The molecule has 2 heteroatoms. The van der Waals surface area contributed by atoms with Gasteiger partial charge in [0, 0.05) is 22.6 Å². The van der Waals surface area contributed by atoms with Gasteiger partial charge in [-0.1, -0.05) is 26.8 Å². The Morgan fingerprint density at radius 1 is 1.29 bits per heavy atom. The highest BCUT2D eigenvalue weighted by molar-refractivity contribution is 7.98. The van der Waals surface area contributed by atoms with Gasteiger partial charge in [0.25, 0.3) is 0 Å². The molecule has 0 aromatic carbocycles. The average Bonchev–Trinajstić information content (AvgIpc) is 2.15. The summed E-state index contributed by atoms with van der Waals surface area (Å²) >= 11 is 1.85. The second-order valence-corrected chi connectivity index (χ2v) is 5.78. The molecule has 1 nitrogen and oxygen atoms in total. The highest BCUT2D eigenvalue weighted by atomic mass is 32.2. The minimum atomic E-state index is 0.154. The standard InChI is InChI=1S/C12H19NS/c1-9(14-5)10-6-7-11(13-8-10)12(2,3)4/h6-9H,1-5H3. The lowest BCUT2D eigenvalue weighted by molar-refractivity contribution is 0.568. The van der Waals surface area contributed by atoms with Gasteiger partial charge in [-0.2, -0.15) is 11.8 Å². The number of hydrogen-bond acceptors (Lipinski definition) is 2. The van der Waals surface area contributed by atoms with Crippen molar-refractivity contribution in [2.75, 3.05) is 6.26 Å². The molecule has 0 fully saturated rings. The summed E-state index contributed by atoms with van der Waals surface area (Å²) in [6, 6.07) is 4.33. The first-order valence-corrected chi connectivity index (χ1v) is 6.23. The number of hydrogen-bond donors (Lipinski definition) is 0. The zero-order chi connectivity index (χ0) is 10.8. The Bertz CT molecular complexity index is 284. The molecule has 0 N–H and O–H groups in total. The minimum absolute atomic E-state index is 0.154. The van der Waals surface area contributed by atoms with Crippen LogP contribution in [0.1, 0.15) is 44.2 Å². The summed E-state index contributed by atoms with van der Waals surface area (Å²) in [6.07, 6.45) is 4.13. The van der Waals surface area contributed by atoms with Crippen LogP contribution in [0.2, 0.25) is 0 Å². The van der Waals surface area contributed by atoms with Crippen LogP contribution < -0.4 is 0 Å². The summed E-state index contributed by atoms with van der Waals surface area (Å²) in [4.78, 5) is 4.51. The molecule has 78 valence electrons. The summed E-state index contributed by atoms with van der Waals surface area (Å²) in [5.74, 6) is 0. The summed E-state index contributed by atoms with van der Waals surface area (Å²) < 4.78 is 0. The molecule has 0 radical (unpaired) electrons. The SMILES string of the molecule is CSC(C)c1ccc(C(C)(C)C)nc1. The Morgan fingerprint density at radius 2 is 1.93 bits per heavy atom. The molecule has 0 aliphatic rings. The van der Waals surface area contributed by atoms with Crippen molar-refractivity contribution in [1.82, 2.24) is 4.98 Å². The van der Waals surface area contributed by atoms with Crippen molar-refractivity contribution in [2.45, 2.75) is 38.4 Å². The van der Waals surface area contributed by atoms with Crippen LogP contribution in [0.25, 0.3) is 0 Å². The molecule has 1 unspecified atom stereocenters. The molecule has 1 aromatic rings. The van der Waals surface area contributed by atoms with Gasteiger partial charge in [0.1, 0.15) is 0 Å². The van der Waals surface area contributed by atoms with Gasteiger partial charge in [-0.25, -0.2) is 0 Å². The molecule has 0 bridgehead atoms. The first kappa shape index (κ1) is 11.6. The van der Waals surface area contributed by atoms with Crippen LogP contribution in [0, 0.1) is 0 Å². The lowest BCUT2D eigenvalue weighted by Gasteiger charge is -2.18. The van der Waals surface area contributed by atoms with Gasteiger partial charge in [0.15, 0.2) is 0 Å². The summed E-state index contributed by atoms with van der Waals surface area (Å²) in [5, 5.41) is 0.538. The van der Waals surface area contributed by atoms with Crippen LogP contribution in [-0.4, -0.2) is 11.2 Å². The van der Waals surface area contributed by atoms with E-state index in [4.69, 9.17) is 0 Å². The third-order valence-corrected chi connectivity index (χ3v) is 3.36. The molecule has 0 spiro atoms. The lowest BCUT2D eigenvalue weighted by atomic mass is 9.91. The van der Waals surface area contributed by atoms with E-state index in [1.54, 1.807) is 0 Å². The maximum absolute atomic E-state index is 4.51. The van der Waals surface area contributed by atoms with Crippen LogP contribution >= 0.6 is 11.8 Å². The highest BCUT2D eigenvalue weighted by Crippen LogP contribution is 2.26. The molecular formula is C12H19NS. The molecule has 0 amide bonds. The van der Waals surface area contributed by atoms with Crippen molar-refractivity contribution < 1.29 is 0 Å². The van der Waals surface area contributed by atoms with Gasteiger partial charge >= 0.3 is 0 Å². The van der Waals surface area contributed by atoms with E-state index in [2.05, 4.69) is 51.1 Å². The molecule has 14 heavy (non-hydrogen) atoms.